The molecule has 2 aromatic heterocycles. The number of fused-ring (bicyclic) bond motifs is 1. The minimum absolute atomic E-state index is 0.231. The van der Waals surface area contributed by atoms with Gasteiger partial charge in [-0.15, -0.1) is 10.2 Å². The second-order valence-electron chi connectivity index (χ2n) is 5.20. The van der Waals surface area contributed by atoms with Gasteiger partial charge in [-0.3, -0.25) is 0 Å². The van der Waals surface area contributed by atoms with Crippen molar-refractivity contribution < 1.29 is 0 Å². The zero-order chi connectivity index (χ0) is 17.1. The van der Waals surface area contributed by atoms with Crippen molar-refractivity contribution in [3.63, 3.8) is 0 Å². The number of nitrogens with one attached hydrogen (secondary N) is 3. The molecule has 0 bridgehead atoms. The summed E-state index contributed by atoms with van der Waals surface area (Å²) in [5, 5.41) is 25.7. The van der Waals surface area contributed by atoms with Crippen LogP contribution in [0.2, 0.25) is 0 Å². The number of anilines is 1. The molecule has 0 unspecified atom stereocenters. The van der Waals surface area contributed by atoms with Crippen molar-refractivity contribution in [2.45, 2.75) is 0 Å². The molecule has 0 saturated carbocycles. The van der Waals surface area contributed by atoms with Crippen LogP contribution in [0.1, 0.15) is 5.82 Å². The van der Waals surface area contributed by atoms with E-state index in [1.54, 1.807) is 0 Å². The third kappa shape index (κ3) is 2.82. The number of benzene rings is 2. The lowest BCUT2D eigenvalue weighted by molar-refractivity contribution is 0.881. The quantitative estimate of drug-likeness (QED) is 0.496. The fraction of sp³-hybridized carbons (Fsp3) is 0. The normalized spacial score (nSPS) is 11.4. The highest BCUT2D eigenvalue weighted by atomic mass is 15.5. The van der Waals surface area contributed by atoms with Gasteiger partial charge in [0.25, 0.3) is 0 Å². The van der Waals surface area contributed by atoms with Gasteiger partial charge in [0.1, 0.15) is 23.0 Å². The Morgan fingerprint density at radius 1 is 1.12 bits per heavy atom. The highest BCUT2D eigenvalue weighted by molar-refractivity contribution is 5.91. The Morgan fingerprint density at radius 2 is 2.00 bits per heavy atom. The van der Waals surface area contributed by atoms with Crippen molar-refractivity contribution in [3.05, 3.63) is 60.6 Å². The van der Waals surface area contributed by atoms with Crippen LogP contribution in [0.4, 0.5) is 5.69 Å². The van der Waals surface area contributed by atoms with Gasteiger partial charge in [0.15, 0.2) is 0 Å². The molecule has 0 aliphatic carbocycles. The van der Waals surface area contributed by atoms with E-state index in [4.69, 9.17) is 0 Å². The van der Waals surface area contributed by atoms with Gasteiger partial charge in [-0.05, 0) is 17.3 Å². The third-order valence-corrected chi connectivity index (χ3v) is 3.64. The van der Waals surface area contributed by atoms with Gasteiger partial charge in [-0.2, -0.15) is 10.5 Å². The summed E-state index contributed by atoms with van der Waals surface area (Å²) < 4.78 is 0. The minimum Gasteiger partial charge on any atom is -0.358 e. The maximum atomic E-state index is 9.24. The van der Waals surface area contributed by atoms with Crippen LogP contribution in [0.15, 0.2) is 54.7 Å². The first-order chi connectivity index (χ1) is 12.3. The molecule has 0 atom stereocenters. The van der Waals surface area contributed by atoms with Gasteiger partial charge in [0, 0.05) is 11.8 Å². The third-order valence-electron chi connectivity index (χ3n) is 3.64. The molecule has 4 rings (SSSR count). The SMILES string of the molecule is N#CC(=CNc1cccc2[nH]c(-c3ccccc3)nc12)c1nn[nH]n1. The average molecular weight is 328 g/mol. The molecular weight excluding hydrogens is 316 g/mol. The molecule has 8 nitrogen and oxygen atoms in total. The predicted octanol–water partition coefficient (Wildman–Crippen LogP) is 2.72. The van der Waals surface area contributed by atoms with Gasteiger partial charge in [0.2, 0.25) is 5.82 Å². The molecule has 0 aliphatic rings. The Kier molecular flexibility index (Phi) is 3.65. The predicted molar refractivity (Wildman–Crippen MR) is 92.9 cm³/mol. The van der Waals surface area contributed by atoms with Gasteiger partial charge in [0.05, 0.1) is 11.2 Å². The van der Waals surface area contributed by atoms with Gasteiger partial charge >= 0.3 is 0 Å². The summed E-state index contributed by atoms with van der Waals surface area (Å²) in [5.41, 5.74) is 3.72. The molecule has 0 saturated heterocycles. The number of allylic oxidation sites excluding steroid dienone is 1. The Hall–Kier alpha value is -3.99. The Morgan fingerprint density at radius 3 is 2.76 bits per heavy atom. The fourth-order valence-corrected chi connectivity index (χ4v) is 2.45. The van der Waals surface area contributed by atoms with Crippen molar-refractivity contribution in [2.24, 2.45) is 0 Å². The van der Waals surface area contributed by atoms with Crippen LogP contribution in [0.5, 0.6) is 0 Å². The first-order valence-electron chi connectivity index (χ1n) is 7.50. The fourth-order valence-electron chi connectivity index (χ4n) is 2.45. The summed E-state index contributed by atoms with van der Waals surface area (Å²) in [6, 6.07) is 17.7. The first-order valence-corrected chi connectivity index (χ1v) is 7.50. The van der Waals surface area contributed by atoms with Crippen molar-refractivity contribution in [2.75, 3.05) is 5.32 Å². The molecule has 25 heavy (non-hydrogen) atoms. The van der Waals surface area contributed by atoms with E-state index < -0.39 is 0 Å². The number of tetrazole rings is 1. The molecule has 120 valence electrons. The Labute approximate surface area is 142 Å². The highest BCUT2D eigenvalue weighted by Gasteiger charge is 2.09. The van der Waals surface area contributed by atoms with E-state index >= 15 is 0 Å². The maximum Gasteiger partial charge on any atom is 0.216 e. The van der Waals surface area contributed by atoms with Crippen LogP contribution in [0.3, 0.4) is 0 Å². The van der Waals surface area contributed by atoms with Crippen LogP contribution < -0.4 is 5.32 Å². The number of nitrogens with zero attached hydrogens (tertiary/aromatic N) is 5. The van der Waals surface area contributed by atoms with Crippen molar-refractivity contribution in [1.29, 1.82) is 5.26 Å². The lowest BCUT2D eigenvalue weighted by Crippen LogP contribution is -1.93. The lowest BCUT2D eigenvalue weighted by atomic mass is 10.2. The number of hydrogen-bond donors (Lipinski definition) is 3. The molecule has 4 aromatic rings. The molecule has 2 aromatic carbocycles. The number of H-pyrrole nitrogens is 2. The molecular formula is C17H12N8. The number of aromatic amines is 2. The molecule has 0 radical (unpaired) electrons. The Balaban J connectivity index is 1.71. The zero-order valence-corrected chi connectivity index (χ0v) is 12.9. The molecule has 0 fully saturated rings. The topological polar surface area (TPSA) is 119 Å². The number of nitriles is 1. The summed E-state index contributed by atoms with van der Waals surface area (Å²) in [6.07, 6.45) is 1.54. The summed E-state index contributed by atoms with van der Waals surface area (Å²) in [6.45, 7) is 0. The van der Waals surface area contributed by atoms with E-state index in [0.717, 1.165) is 28.1 Å². The highest BCUT2D eigenvalue weighted by Crippen LogP contribution is 2.26. The molecule has 3 N–H and O–H groups in total. The number of hydrogen-bond acceptors (Lipinski definition) is 6. The number of para-hydroxylation sites is 1. The second-order valence-corrected chi connectivity index (χ2v) is 5.20. The number of imidazole rings is 1. The monoisotopic (exact) mass is 328 g/mol. The largest absolute Gasteiger partial charge is 0.358 e. The molecule has 0 amide bonds. The van der Waals surface area contributed by atoms with E-state index in [2.05, 4.69) is 35.9 Å². The lowest BCUT2D eigenvalue weighted by Gasteiger charge is -2.01. The Bertz CT molecular complexity index is 1070. The smallest absolute Gasteiger partial charge is 0.216 e. The molecule has 0 aliphatic heterocycles. The van der Waals surface area contributed by atoms with Crippen molar-refractivity contribution >= 4 is 22.3 Å². The van der Waals surface area contributed by atoms with E-state index in [1.165, 1.54) is 6.20 Å². The summed E-state index contributed by atoms with van der Waals surface area (Å²) in [7, 11) is 0. The van der Waals surface area contributed by atoms with Crippen LogP contribution in [0.25, 0.3) is 28.0 Å². The van der Waals surface area contributed by atoms with Crippen LogP contribution in [-0.2, 0) is 0 Å². The van der Waals surface area contributed by atoms with E-state index in [9.17, 15) is 5.26 Å². The minimum atomic E-state index is 0.231. The first kappa shape index (κ1) is 14.6. The average Bonchev–Trinajstić information content (AvgIpc) is 3.33. The van der Waals surface area contributed by atoms with E-state index in [0.29, 0.717) is 0 Å². The summed E-state index contributed by atoms with van der Waals surface area (Å²) in [5.74, 6) is 1.02. The summed E-state index contributed by atoms with van der Waals surface area (Å²) in [4.78, 5) is 7.97. The molecule has 0 spiro atoms. The van der Waals surface area contributed by atoms with Gasteiger partial charge in [-0.1, -0.05) is 36.4 Å². The van der Waals surface area contributed by atoms with Crippen LogP contribution >= 0.6 is 0 Å². The molecule has 2 heterocycles. The zero-order valence-electron chi connectivity index (χ0n) is 12.9. The van der Waals surface area contributed by atoms with Crippen molar-refractivity contribution in [3.8, 4) is 17.5 Å². The molecule has 8 heteroatoms. The maximum absolute atomic E-state index is 9.24. The van der Waals surface area contributed by atoms with Crippen molar-refractivity contribution in [1.82, 2.24) is 30.6 Å². The summed E-state index contributed by atoms with van der Waals surface area (Å²) >= 11 is 0. The van der Waals surface area contributed by atoms with Crippen LogP contribution in [-0.4, -0.2) is 30.6 Å². The standard InChI is InChI=1S/C17H12N8/c18-9-12(17-22-24-25-23-17)10-19-13-7-4-8-14-15(13)21-16(20-14)11-5-2-1-3-6-11/h1-8,10,19H,(H,20,21)(H,22,23,24,25). The number of rotatable bonds is 4. The van der Waals surface area contributed by atoms with Gasteiger partial charge < -0.3 is 10.3 Å². The number of aromatic nitrogens is 6. The van der Waals surface area contributed by atoms with E-state index in [-0.39, 0.29) is 11.4 Å². The van der Waals surface area contributed by atoms with E-state index in [1.807, 2.05) is 54.6 Å². The van der Waals surface area contributed by atoms with Crippen LogP contribution in [0, 0.1) is 11.3 Å². The van der Waals surface area contributed by atoms with Gasteiger partial charge in [-0.25, -0.2) is 4.98 Å². The second kappa shape index (κ2) is 6.25.